The smallest absolute Gasteiger partial charge is 0.417 e. The van der Waals surface area contributed by atoms with Gasteiger partial charge in [0.05, 0.1) is 18.0 Å². The number of likely N-dealkylation sites (tertiary alicyclic amines) is 1. The summed E-state index contributed by atoms with van der Waals surface area (Å²) >= 11 is 6.14. The summed E-state index contributed by atoms with van der Waals surface area (Å²) in [6.45, 7) is 6.07. The van der Waals surface area contributed by atoms with Crippen molar-refractivity contribution in [3.05, 3.63) is 70.7 Å². The molecule has 2 saturated heterocycles. The molecular formula is C28H33ClN2O5. The number of hydrogen-bond donors (Lipinski definition) is 0. The van der Waals surface area contributed by atoms with E-state index in [1.807, 2.05) is 51.1 Å². The Labute approximate surface area is 217 Å². The molecule has 0 bridgehead atoms. The topological polar surface area (TPSA) is 76.2 Å². The van der Waals surface area contributed by atoms with E-state index in [1.54, 1.807) is 29.2 Å². The summed E-state index contributed by atoms with van der Waals surface area (Å²) in [5.41, 5.74) is 1.04. The van der Waals surface area contributed by atoms with Crippen molar-refractivity contribution >= 4 is 29.7 Å². The summed E-state index contributed by atoms with van der Waals surface area (Å²) in [6, 6.07) is 15.8. The van der Waals surface area contributed by atoms with E-state index in [1.165, 1.54) is 4.90 Å². The maximum absolute atomic E-state index is 14.2. The van der Waals surface area contributed by atoms with Gasteiger partial charge in [0.25, 0.3) is 0 Å². The molecule has 2 fully saturated rings. The van der Waals surface area contributed by atoms with Crippen LogP contribution in [0.4, 0.5) is 9.59 Å². The standard InChI is InChI=1S/C28H33ClN2O5/c1-28(2,3)36-26(33)30-16-8-7-11-23(30)24(20-12-14-21(29)15-13-20)25(32)31-22(18-35-27(31)34)17-19-9-5-4-6-10-19/h4-6,9-10,12-15,22-24H,7-8,11,16-18H2,1-3H3/t22?,23?,24-/m0/s1. The SMILES string of the molecule is CC(C)(C)OC(=O)N1CCCCC1[C@@H](C(=O)N1C(=O)OCC1Cc1ccccc1)c1ccc(Cl)cc1. The summed E-state index contributed by atoms with van der Waals surface area (Å²) < 4.78 is 11.0. The van der Waals surface area contributed by atoms with E-state index in [0.29, 0.717) is 30.0 Å². The Morgan fingerprint density at radius 1 is 1.08 bits per heavy atom. The van der Waals surface area contributed by atoms with E-state index in [9.17, 15) is 14.4 Å². The van der Waals surface area contributed by atoms with Gasteiger partial charge >= 0.3 is 12.2 Å². The van der Waals surface area contributed by atoms with Crippen LogP contribution in [0.5, 0.6) is 0 Å². The Morgan fingerprint density at radius 2 is 1.78 bits per heavy atom. The first-order valence-electron chi connectivity index (χ1n) is 12.4. The van der Waals surface area contributed by atoms with E-state index in [-0.39, 0.29) is 12.5 Å². The number of hydrogen-bond acceptors (Lipinski definition) is 5. The van der Waals surface area contributed by atoms with E-state index in [0.717, 1.165) is 18.4 Å². The molecule has 0 radical (unpaired) electrons. The molecule has 3 atom stereocenters. The molecule has 8 heteroatoms. The second kappa shape index (κ2) is 10.9. The third-order valence-electron chi connectivity index (χ3n) is 6.57. The summed E-state index contributed by atoms with van der Waals surface area (Å²) in [5.74, 6) is -1.14. The van der Waals surface area contributed by atoms with Crippen LogP contribution in [-0.4, -0.2) is 58.7 Å². The zero-order valence-electron chi connectivity index (χ0n) is 21.0. The Hall–Kier alpha value is -3.06. The van der Waals surface area contributed by atoms with Crippen molar-refractivity contribution in [3.8, 4) is 0 Å². The second-order valence-electron chi connectivity index (χ2n) is 10.4. The molecule has 2 aliphatic rings. The van der Waals surface area contributed by atoms with E-state index < -0.39 is 35.8 Å². The third kappa shape index (κ3) is 6.01. The molecular weight excluding hydrogens is 480 g/mol. The molecule has 0 N–H and O–H groups in total. The molecule has 0 spiro atoms. The highest BCUT2D eigenvalue weighted by atomic mass is 35.5. The Morgan fingerprint density at radius 3 is 2.44 bits per heavy atom. The lowest BCUT2D eigenvalue weighted by atomic mass is 9.84. The van der Waals surface area contributed by atoms with Crippen molar-refractivity contribution in [3.63, 3.8) is 0 Å². The number of amides is 3. The fourth-order valence-electron chi connectivity index (χ4n) is 4.97. The number of nitrogens with zero attached hydrogens (tertiary/aromatic N) is 2. The van der Waals surface area contributed by atoms with Crippen molar-refractivity contribution in [2.75, 3.05) is 13.2 Å². The molecule has 2 heterocycles. The molecule has 0 aliphatic carbocycles. The van der Waals surface area contributed by atoms with Gasteiger partial charge in [0.1, 0.15) is 12.2 Å². The Kier molecular flexibility index (Phi) is 7.88. The van der Waals surface area contributed by atoms with Crippen molar-refractivity contribution in [1.29, 1.82) is 0 Å². The highest BCUT2D eigenvalue weighted by Crippen LogP contribution is 2.35. The van der Waals surface area contributed by atoms with Crippen LogP contribution in [0.3, 0.4) is 0 Å². The highest BCUT2D eigenvalue weighted by Gasteiger charge is 2.46. The van der Waals surface area contributed by atoms with Crippen molar-refractivity contribution in [2.45, 2.75) is 70.1 Å². The number of halogens is 1. The molecule has 2 aromatic carbocycles. The van der Waals surface area contributed by atoms with Gasteiger partial charge in [0, 0.05) is 11.6 Å². The van der Waals surface area contributed by atoms with E-state index in [4.69, 9.17) is 21.1 Å². The summed E-state index contributed by atoms with van der Waals surface area (Å²) in [7, 11) is 0. The van der Waals surface area contributed by atoms with Gasteiger partial charge in [-0.15, -0.1) is 0 Å². The van der Waals surface area contributed by atoms with Crippen LogP contribution < -0.4 is 0 Å². The number of carbonyl (C=O) groups is 3. The van der Waals surface area contributed by atoms with E-state index >= 15 is 0 Å². The minimum atomic E-state index is -0.765. The molecule has 0 aromatic heterocycles. The average molecular weight is 513 g/mol. The van der Waals surface area contributed by atoms with Crippen LogP contribution in [0.15, 0.2) is 54.6 Å². The van der Waals surface area contributed by atoms with Crippen molar-refractivity contribution < 1.29 is 23.9 Å². The van der Waals surface area contributed by atoms with Gasteiger partial charge in [-0.05, 0) is 69.7 Å². The van der Waals surface area contributed by atoms with Gasteiger partial charge in [-0.2, -0.15) is 0 Å². The number of ether oxygens (including phenoxy) is 2. The van der Waals surface area contributed by atoms with Gasteiger partial charge in [0.2, 0.25) is 5.91 Å². The molecule has 7 nitrogen and oxygen atoms in total. The predicted molar refractivity (Wildman–Crippen MR) is 137 cm³/mol. The first-order chi connectivity index (χ1) is 17.1. The van der Waals surface area contributed by atoms with Crippen LogP contribution in [-0.2, 0) is 20.7 Å². The van der Waals surface area contributed by atoms with Crippen LogP contribution in [0, 0.1) is 0 Å². The predicted octanol–water partition coefficient (Wildman–Crippen LogP) is 5.80. The second-order valence-corrected chi connectivity index (χ2v) is 10.8. The molecule has 3 amide bonds. The maximum atomic E-state index is 14.2. The molecule has 192 valence electrons. The highest BCUT2D eigenvalue weighted by molar-refractivity contribution is 6.30. The zero-order chi connectivity index (χ0) is 25.9. The molecule has 0 saturated carbocycles. The van der Waals surface area contributed by atoms with Crippen LogP contribution in [0.1, 0.15) is 57.1 Å². The lowest BCUT2D eigenvalue weighted by Gasteiger charge is -2.41. The molecule has 2 aliphatic heterocycles. The Balaban J connectivity index is 1.69. The third-order valence-corrected chi connectivity index (χ3v) is 6.82. The number of piperidine rings is 1. The normalized spacial score (nSPS) is 21.2. The first kappa shape index (κ1) is 26.0. The molecule has 2 unspecified atom stereocenters. The van der Waals surface area contributed by atoms with Crippen molar-refractivity contribution in [2.24, 2.45) is 0 Å². The fraction of sp³-hybridized carbons (Fsp3) is 0.464. The van der Waals surface area contributed by atoms with Gasteiger partial charge in [-0.25, -0.2) is 14.5 Å². The van der Waals surface area contributed by atoms with Gasteiger partial charge in [-0.1, -0.05) is 54.1 Å². The van der Waals surface area contributed by atoms with Gasteiger partial charge in [0.15, 0.2) is 0 Å². The van der Waals surface area contributed by atoms with Crippen LogP contribution in [0.25, 0.3) is 0 Å². The largest absolute Gasteiger partial charge is 0.447 e. The summed E-state index contributed by atoms with van der Waals surface area (Å²) in [5, 5.41) is 0.542. The molecule has 2 aromatic rings. The number of imide groups is 1. The average Bonchev–Trinajstić information content (AvgIpc) is 3.20. The number of carbonyl (C=O) groups excluding carboxylic acids is 3. The maximum Gasteiger partial charge on any atom is 0.417 e. The lowest BCUT2D eigenvalue weighted by molar-refractivity contribution is -0.132. The fourth-order valence-corrected chi connectivity index (χ4v) is 5.09. The minimum absolute atomic E-state index is 0.132. The number of rotatable bonds is 5. The lowest BCUT2D eigenvalue weighted by Crippen LogP contribution is -2.53. The summed E-state index contributed by atoms with van der Waals surface area (Å²) in [4.78, 5) is 43.1. The monoisotopic (exact) mass is 512 g/mol. The number of cyclic esters (lactones) is 1. The Bertz CT molecular complexity index is 1080. The number of benzene rings is 2. The molecule has 36 heavy (non-hydrogen) atoms. The van der Waals surface area contributed by atoms with Crippen molar-refractivity contribution in [1.82, 2.24) is 9.80 Å². The van der Waals surface area contributed by atoms with Crippen LogP contribution >= 0.6 is 11.6 Å². The minimum Gasteiger partial charge on any atom is -0.447 e. The quantitative estimate of drug-likeness (QED) is 0.505. The van der Waals surface area contributed by atoms with Gasteiger partial charge < -0.3 is 14.4 Å². The first-order valence-corrected chi connectivity index (χ1v) is 12.8. The zero-order valence-corrected chi connectivity index (χ0v) is 21.7. The van der Waals surface area contributed by atoms with E-state index in [2.05, 4.69) is 0 Å². The van der Waals surface area contributed by atoms with Gasteiger partial charge in [-0.3, -0.25) is 4.79 Å². The van der Waals surface area contributed by atoms with Crippen LogP contribution in [0.2, 0.25) is 5.02 Å². The molecule has 4 rings (SSSR count). The summed E-state index contributed by atoms with van der Waals surface area (Å²) in [6.07, 6.45) is 1.68.